The first-order valence-corrected chi connectivity index (χ1v) is 7.46. The third-order valence-electron chi connectivity index (χ3n) is 3.34. The maximum atomic E-state index is 12.4. The highest BCUT2D eigenvalue weighted by molar-refractivity contribution is 6.34. The Morgan fingerprint density at radius 1 is 1.29 bits per heavy atom. The Morgan fingerprint density at radius 3 is 2.92 bits per heavy atom. The summed E-state index contributed by atoms with van der Waals surface area (Å²) in [4.78, 5) is 16.3. The van der Waals surface area contributed by atoms with Gasteiger partial charge in [-0.25, -0.2) is 9.67 Å². The molecule has 0 fully saturated rings. The van der Waals surface area contributed by atoms with Gasteiger partial charge >= 0.3 is 0 Å². The fraction of sp³-hybridized carbons (Fsp3) is 0.0588. The maximum absolute atomic E-state index is 12.4. The van der Waals surface area contributed by atoms with Crippen molar-refractivity contribution in [3.05, 3.63) is 76.8 Å². The number of aromatic nitrogens is 3. The van der Waals surface area contributed by atoms with Crippen LogP contribution in [0, 0.1) is 11.3 Å². The van der Waals surface area contributed by atoms with E-state index in [0.29, 0.717) is 22.8 Å². The monoisotopic (exact) mass is 337 g/mol. The van der Waals surface area contributed by atoms with E-state index in [4.69, 9.17) is 16.9 Å². The lowest BCUT2D eigenvalue weighted by Gasteiger charge is -2.09. The molecule has 0 saturated heterocycles. The van der Waals surface area contributed by atoms with Crippen LogP contribution in [-0.4, -0.2) is 20.7 Å². The summed E-state index contributed by atoms with van der Waals surface area (Å²) in [7, 11) is 0. The summed E-state index contributed by atoms with van der Waals surface area (Å²) < 4.78 is 1.69. The fourth-order valence-electron chi connectivity index (χ4n) is 2.22. The number of carbonyl (C=O) groups is 1. The topological polar surface area (TPSA) is 83.6 Å². The van der Waals surface area contributed by atoms with Crippen molar-refractivity contribution >= 4 is 23.2 Å². The molecule has 0 saturated carbocycles. The lowest BCUT2D eigenvalue weighted by atomic mass is 10.1. The van der Waals surface area contributed by atoms with Crippen molar-refractivity contribution < 1.29 is 4.79 Å². The van der Waals surface area contributed by atoms with Gasteiger partial charge in [0.05, 0.1) is 28.8 Å². The summed E-state index contributed by atoms with van der Waals surface area (Å²) in [6.07, 6.45) is 3.09. The summed E-state index contributed by atoms with van der Waals surface area (Å²) in [5, 5.41) is 16.1. The van der Waals surface area contributed by atoms with E-state index in [-0.39, 0.29) is 11.5 Å². The van der Waals surface area contributed by atoms with Crippen LogP contribution in [0.15, 0.2) is 55.1 Å². The highest BCUT2D eigenvalue weighted by atomic mass is 35.5. The molecule has 1 heterocycles. The van der Waals surface area contributed by atoms with Crippen molar-refractivity contribution in [3.8, 4) is 6.07 Å². The van der Waals surface area contributed by atoms with Gasteiger partial charge in [0.2, 0.25) is 0 Å². The molecular weight excluding hydrogens is 326 g/mol. The second kappa shape index (κ2) is 6.94. The van der Waals surface area contributed by atoms with E-state index in [2.05, 4.69) is 15.4 Å². The zero-order valence-electron chi connectivity index (χ0n) is 12.5. The quantitative estimate of drug-likeness (QED) is 0.792. The van der Waals surface area contributed by atoms with E-state index >= 15 is 0 Å². The average Bonchev–Trinajstić information content (AvgIpc) is 3.08. The highest BCUT2D eigenvalue weighted by Crippen LogP contribution is 2.20. The van der Waals surface area contributed by atoms with Crippen LogP contribution in [0.4, 0.5) is 5.69 Å². The molecule has 0 atom stereocenters. The van der Waals surface area contributed by atoms with E-state index in [1.165, 1.54) is 18.5 Å². The smallest absolute Gasteiger partial charge is 0.257 e. The molecule has 0 spiro atoms. The third-order valence-corrected chi connectivity index (χ3v) is 3.67. The van der Waals surface area contributed by atoms with Crippen molar-refractivity contribution in [2.45, 2.75) is 6.54 Å². The van der Waals surface area contributed by atoms with E-state index in [0.717, 1.165) is 5.56 Å². The minimum Gasteiger partial charge on any atom is -0.322 e. The Hall–Kier alpha value is -3.17. The van der Waals surface area contributed by atoms with Gasteiger partial charge in [-0.1, -0.05) is 23.7 Å². The molecule has 0 unspecified atom stereocenters. The number of anilines is 1. The van der Waals surface area contributed by atoms with Crippen LogP contribution >= 0.6 is 11.6 Å². The molecule has 1 amide bonds. The van der Waals surface area contributed by atoms with Gasteiger partial charge < -0.3 is 5.32 Å². The van der Waals surface area contributed by atoms with Crippen molar-refractivity contribution in [2.75, 3.05) is 5.32 Å². The summed E-state index contributed by atoms with van der Waals surface area (Å²) in [5.74, 6) is -0.366. The molecule has 3 rings (SSSR count). The van der Waals surface area contributed by atoms with Gasteiger partial charge in [0.15, 0.2) is 0 Å². The van der Waals surface area contributed by atoms with Crippen LogP contribution in [0.5, 0.6) is 0 Å². The number of hydrogen-bond acceptors (Lipinski definition) is 4. The summed E-state index contributed by atoms with van der Waals surface area (Å²) >= 11 is 6.05. The van der Waals surface area contributed by atoms with Gasteiger partial charge in [0.1, 0.15) is 12.7 Å². The average molecular weight is 338 g/mol. The Morgan fingerprint density at radius 2 is 2.17 bits per heavy atom. The molecule has 2 aromatic carbocycles. The first-order chi connectivity index (χ1) is 11.7. The fourth-order valence-corrected chi connectivity index (χ4v) is 2.42. The third kappa shape index (κ3) is 3.59. The predicted molar refractivity (Wildman–Crippen MR) is 89.7 cm³/mol. The molecular formula is C17H12ClN5O. The number of nitrogens with zero attached hydrogens (tertiary/aromatic N) is 4. The lowest BCUT2D eigenvalue weighted by molar-refractivity contribution is 0.102. The summed E-state index contributed by atoms with van der Waals surface area (Å²) in [6.45, 7) is 0.550. The van der Waals surface area contributed by atoms with Gasteiger partial charge in [-0.15, -0.1) is 0 Å². The molecule has 7 heteroatoms. The van der Waals surface area contributed by atoms with Crippen molar-refractivity contribution in [3.63, 3.8) is 0 Å². The number of hydrogen-bond donors (Lipinski definition) is 1. The zero-order valence-corrected chi connectivity index (χ0v) is 13.2. The number of benzene rings is 2. The second-order valence-corrected chi connectivity index (χ2v) is 5.46. The number of nitrogens with one attached hydrogen (secondary N) is 1. The standard InChI is InChI=1S/C17H12ClN5O/c18-16-5-4-12(8-19)7-15(16)17(24)22-14-3-1-2-13(6-14)9-23-11-20-10-21-23/h1-7,10-11H,9H2,(H,22,24). The van der Waals surface area contributed by atoms with Crippen LogP contribution in [0.25, 0.3) is 0 Å². The molecule has 1 aromatic heterocycles. The van der Waals surface area contributed by atoms with E-state index in [1.807, 2.05) is 24.3 Å². The van der Waals surface area contributed by atoms with Gasteiger partial charge in [-0.2, -0.15) is 10.4 Å². The van der Waals surface area contributed by atoms with E-state index in [9.17, 15) is 4.79 Å². The van der Waals surface area contributed by atoms with Gasteiger partial charge in [-0.3, -0.25) is 4.79 Å². The van der Waals surface area contributed by atoms with Crippen LogP contribution < -0.4 is 5.32 Å². The maximum Gasteiger partial charge on any atom is 0.257 e. The van der Waals surface area contributed by atoms with E-state index in [1.54, 1.807) is 23.1 Å². The first-order valence-electron chi connectivity index (χ1n) is 7.08. The minimum atomic E-state index is -0.366. The van der Waals surface area contributed by atoms with Crippen LogP contribution in [0.1, 0.15) is 21.5 Å². The normalized spacial score (nSPS) is 10.2. The minimum absolute atomic E-state index is 0.261. The molecule has 0 radical (unpaired) electrons. The number of nitriles is 1. The molecule has 0 bridgehead atoms. The number of amides is 1. The molecule has 0 aliphatic heterocycles. The van der Waals surface area contributed by atoms with Crippen LogP contribution in [-0.2, 0) is 6.54 Å². The van der Waals surface area contributed by atoms with Crippen LogP contribution in [0.2, 0.25) is 5.02 Å². The highest BCUT2D eigenvalue weighted by Gasteiger charge is 2.12. The SMILES string of the molecule is N#Cc1ccc(Cl)c(C(=O)Nc2cccc(Cn3cncn3)c2)c1. The summed E-state index contributed by atoms with van der Waals surface area (Å²) in [6, 6.07) is 14.0. The van der Waals surface area contributed by atoms with Crippen molar-refractivity contribution in [1.29, 1.82) is 5.26 Å². The molecule has 118 valence electrons. The van der Waals surface area contributed by atoms with Crippen LogP contribution in [0.3, 0.4) is 0 Å². The Balaban J connectivity index is 1.79. The number of rotatable bonds is 4. The first kappa shape index (κ1) is 15.7. The zero-order chi connectivity index (χ0) is 16.9. The molecule has 6 nitrogen and oxygen atoms in total. The number of halogens is 1. The van der Waals surface area contributed by atoms with Gasteiger partial charge in [0, 0.05) is 5.69 Å². The predicted octanol–water partition coefficient (Wildman–Crippen LogP) is 3.10. The second-order valence-electron chi connectivity index (χ2n) is 5.05. The lowest BCUT2D eigenvalue weighted by Crippen LogP contribution is -2.13. The van der Waals surface area contributed by atoms with Crippen molar-refractivity contribution in [1.82, 2.24) is 14.8 Å². The Kier molecular flexibility index (Phi) is 4.54. The van der Waals surface area contributed by atoms with Crippen molar-refractivity contribution in [2.24, 2.45) is 0 Å². The molecule has 3 aromatic rings. The Labute approximate surface area is 143 Å². The molecule has 0 aliphatic rings. The largest absolute Gasteiger partial charge is 0.322 e. The molecule has 24 heavy (non-hydrogen) atoms. The Bertz CT molecular complexity index is 915. The number of carbonyl (C=O) groups excluding carboxylic acids is 1. The summed E-state index contributed by atoms with van der Waals surface area (Å²) in [5.41, 5.74) is 2.24. The van der Waals surface area contributed by atoms with E-state index < -0.39 is 0 Å². The van der Waals surface area contributed by atoms with Gasteiger partial charge in [-0.05, 0) is 35.9 Å². The van der Waals surface area contributed by atoms with Gasteiger partial charge in [0.25, 0.3) is 5.91 Å². The molecule has 0 aliphatic carbocycles. The molecule has 1 N–H and O–H groups in total.